The second-order valence-corrected chi connectivity index (χ2v) is 18.1. The molecule has 0 aromatic carbocycles. The highest BCUT2D eigenvalue weighted by atomic mass is 15.1. The minimum absolute atomic E-state index is 0.888. The molecule has 1 heteroatoms. The van der Waals surface area contributed by atoms with Crippen LogP contribution < -0.4 is 0 Å². The first-order valence-electron chi connectivity index (χ1n) is 23.6. The van der Waals surface area contributed by atoms with E-state index in [1.54, 1.807) is 0 Å². The van der Waals surface area contributed by atoms with Crippen LogP contribution >= 0.6 is 0 Å². The third-order valence-electron chi connectivity index (χ3n) is 11.3. The molecule has 0 fully saturated rings. The third kappa shape index (κ3) is 44.0. The number of nitrogens with zero attached hydrogens (tertiary/aromatic N) is 1. The van der Waals surface area contributed by atoms with Gasteiger partial charge in [-0.2, -0.15) is 0 Å². The molecule has 0 spiro atoms. The Hall–Kier alpha value is -0.0400. The van der Waals surface area contributed by atoms with E-state index in [2.05, 4.69) is 46.4 Å². The van der Waals surface area contributed by atoms with Crippen molar-refractivity contribution in [2.24, 2.45) is 17.8 Å². The molecule has 0 aromatic rings. The average Bonchev–Trinajstić information content (AvgIpc) is 3.06. The van der Waals surface area contributed by atoms with Crippen molar-refractivity contribution in [3.63, 3.8) is 0 Å². The van der Waals surface area contributed by atoms with Crippen molar-refractivity contribution in [2.45, 2.75) is 273 Å². The van der Waals surface area contributed by atoms with Crippen LogP contribution in [0.4, 0.5) is 0 Å². The molecule has 0 atom stereocenters. The lowest BCUT2D eigenvalue weighted by Crippen LogP contribution is -2.27. The number of hydrogen-bond acceptors (Lipinski definition) is 1. The lowest BCUT2D eigenvalue weighted by Gasteiger charge is -2.22. The van der Waals surface area contributed by atoms with Crippen LogP contribution in [-0.4, -0.2) is 24.5 Å². The van der Waals surface area contributed by atoms with E-state index in [1.807, 2.05) is 0 Å². The Bertz CT molecular complexity index is 499. The van der Waals surface area contributed by atoms with E-state index in [0.29, 0.717) is 0 Å². The molecule has 0 rings (SSSR count). The van der Waals surface area contributed by atoms with Gasteiger partial charge in [0.1, 0.15) is 0 Å². The zero-order valence-corrected chi connectivity index (χ0v) is 35.8. The van der Waals surface area contributed by atoms with Gasteiger partial charge in [0.05, 0.1) is 0 Å². The van der Waals surface area contributed by atoms with Gasteiger partial charge < -0.3 is 4.90 Å². The monoisotopic (exact) mass is 690 g/mol. The van der Waals surface area contributed by atoms with Crippen LogP contribution in [-0.2, 0) is 0 Å². The second kappa shape index (κ2) is 40.7. The van der Waals surface area contributed by atoms with Gasteiger partial charge in [-0.3, -0.25) is 0 Å². The topological polar surface area (TPSA) is 3.24 Å². The zero-order chi connectivity index (χ0) is 35.9. The van der Waals surface area contributed by atoms with Crippen molar-refractivity contribution in [1.29, 1.82) is 0 Å². The minimum atomic E-state index is 0.888. The van der Waals surface area contributed by atoms with E-state index < -0.39 is 0 Å². The summed E-state index contributed by atoms with van der Waals surface area (Å²) in [6, 6.07) is 0. The van der Waals surface area contributed by atoms with Crippen LogP contribution in [0.2, 0.25) is 0 Å². The lowest BCUT2D eigenvalue weighted by molar-refractivity contribution is 0.254. The van der Waals surface area contributed by atoms with Crippen LogP contribution in [0, 0.1) is 17.8 Å². The summed E-state index contributed by atoms with van der Waals surface area (Å²) in [4.78, 5) is 2.87. The molecule has 0 aromatic heterocycles. The summed E-state index contributed by atoms with van der Waals surface area (Å²) in [5, 5.41) is 0. The van der Waals surface area contributed by atoms with Gasteiger partial charge in [0.2, 0.25) is 0 Å². The summed E-state index contributed by atoms with van der Waals surface area (Å²) in [5.41, 5.74) is 0. The fraction of sp³-hybridized carbons (Fsp3) is 1.00. The molecular weight excluding hydrogens is 591 g/mol. The van der Waals surface area contributed by atoms with Gasteiger partial charge in [-0.05, 0) is 56.7 Å². The Balaban J connectivity index is 3.95. The lowest BCUT2D eigenvalue weighted by atomic mass is 10.0. The van der Waals surface area contributed by atoms with E-state index in [0.717, 1.165) is 17.8 Å². The highest BCUT2D eigenvalue weighted by Crippen LogP contribution is 2.17. The van der Waals surface area contributed by atoms with Crippen molar-refractivity contribution in [2.75, 3.05) is 19.6 Å². The van der Waals surface area contributed by atoms with Crippen molar-refractivity contribution < 1.29 is 0 Å². The molecule has 0 aliphatic rings. The fourth-order valence-corrected chi connectivity index (χ4v) is 7.77. The molecule has 0 unspecified atom stereocenters. The first kappa shape index (κ1) is 49.0. The van der Waals surface area contributed by atoms with Gasteiger partial charge in [-0.15, -0.1) is 0 Å². The van der Waals surface area contributed by atoms with Crippen LogP contribution in [0.3, 0.4) is 0 Å². The van der Waals surface area contributed by atoms with Gasteiger partial charge in [0.25, 0.3) is 0 Å². The molecule has 0 heterocycles. The van der Waals surface area contributed by atoms with E-state index in [1.165, 1.54) is 251 Å². The quantitative estimate of drug-likeness (QED) is 0.0577. The minimum Gasteiger partial charge on any atom is -0.303 e. The van der Waals surface area contributed by atoms with Gasteiger partial charge in [-0.25, -0.2) is 0 Å². The molecule has 0 bridgehead atoms. The molecule has 0 saturated carbocycles. The van der Waals surface area contributed by atoms with Crippen LogP contribution in [0.5, 0.6) is 0 Å². The number of unbranched alkanes of at least 4 members (excludes halogenated alkanes) is 30. The number of rotatable bonds is 42. The SMILES string of the molecule is CC(C)CCCCCCCCCCCCCN(CCCCCCCCCCCCCC(C)C)CCCCCCCCCCCCCC(C)C. The standard InChI is InChI=1S/C48H99N/c1-46(2)40-34-28-22-16-10-7-13-19-25-31-37-43-49(44-38-32-26-20-14-8-11-17-23-29-35-41-47(3)4)45-39-33-27-21-15-9-12-18-24-30-36-42-48(5)6/h46-48H,7-45H2,1-6H3. The van der Waals surface area contributed by atoms with E-state index >= 15 is 0 Å². The predicted octanol–water partition coefficient (Wildman–Crippen LogP) is 17.3. The van der Waals surface area contributed by atoms with Crippen LogP contribution in [0.1, 0.15) is 273 Å². The maximum absolute atomic E-state index is 2.87. The number of hydrogen-bond donors (Lipinski definition) is 0. The van der Waals surface area contributed by atoms with Crippen molar-refractivity contribution >= 4 is 0 Å². The zero-order valence-electron chi connectivity index (χ0n) is 35.8. The first-order valence-corrected chi connectivity index (χ1v) is 23.6. The predicted molar refractivity (Wildman–Crippen MR) is 227 cm³/mol. The first-order chi connectivity index (χ1) is 23.9. The summed E-state index contributed by atoms with van der Waals surface area (Å²) in [5.74, 6) is 2.66. The summed E-state index contributed by atoms with van der Waals surface area (Å²) in [7, 11) is 0. The Morgan fingerprint density at radius 2 is 0.347 bits per heavy atom. The molecule has 1 nitrogen and oxygen atoms in total. The molecule has 0 amide bonds. The van der Waals surface area contributed by atoms with Gasteiger partial charge in [0.15, 0.2) is 0 Å². The van der Waals surface area contributed by atoms with E-state index in [9.17, 15) is 0 Å². The van der Waals surface area contributed by atoms with E-state index in [4.69, 9.17) is 0 Å². The fourth-order valence-electron chi connectivity index (χ4n) is 7.77. The molecular formula is C48H99N. The third-order valence-corrected chi connectivity index (χ3v) is 11.3. The van der Waals surface area contributed by atoms with Gasteiger partial charge in [-0.1, -0.05) is 253 Å². The maximum atomic E-state index is 2.87. The summed E-state index contributed by atoms with van der Waals surface area (Å²) < 4.78 is 0. The van der Waals surface area contributed by atoms with Crippen LogP contribution in [0.15, 0.2) is 0 Å². The Labute approximate surface area is 314 Å². The Morgan fingerprint density at radius 1 is 0.204 bits per heavy atom. The van der Waals surface area contributed by atoms with Crippen molar-refractivity contribution in [3.05, 3.63) is 0 Å². The highest BCUT2D eigenvalue weighted by Gasteiger charge is 2.06. The van der Waals surface area contributed by atoms with Gasteiger partial charge >= 0.3 is 0 Å². The Kier molecular flexibility index (Phi) is 40.7. The molecule has 0 radical (unpaired) electrons. The molecule has 49 heavy (non-hydrogen) atoms. The molecule has 0 N–H and O–H groups in total. The van der Waals surface area contributed by atoms with E-state index in [-0.39, 0.29) is 0 Å². The molecule has 0 aliphatic carbocycles. The smallest absolute Gasteiger partial charge is 0.00187 e. The highest BCUT2D eigenvalue weighted by molar-refractivity contribution is 4.61. The van der Waals surface area contributed by atoms with Crippen molar-refractivity contribution in [3.8, 4) is 0 Å². The molecule has 0 saturated heterocycles. The van der Waals surface area contributed by atoms with Gasteiger partial charge in [0, 0.05) is 0 Å². The summed E-state index contributed by atoms with van der Waals surface area (Å²) >= 11 is 0. The molecule has 0 aliphatic heterocycles. The normalized spacial score (nSPS) is 12.1. The second-order valence-electron chi connectivity index (χ2n) is 18.1. The maximum Gasteiger partial charge on any atom is -0.00187 e. The molecule has 296 valence electrons. The largest absolute Gasteiger partial charge is 0.303 e. The summed E-state index contributed by atoms with van der Waals surface area (Å²) in [6.07, 6.45) is 52.7. The Morgan fingerprint density at radius 3 is 0.510 bits per heavy atom. The summed E-state index contributed by atoms with van der Waals surface area (Å²) in [6.45, 7) is 18.3. The van der Waals surface area contributed by atoms with Crippen molar-refractivity contribution in [1.82, 2.24) is 4.90 Å². The van der Waals surface area contributed by atoms with Crippen LogP contribution in [0.25, 0.3) is 0 Å². The average molecular weight is 690 g/mol.